The Balaban J connectivity index is 1.62. The van der Waals surface area contributed by atoms with Crippen LogP contribution in [0.25, 0.3) is 10.6 Å². The monoisotopic (exact) mass is 348 g/mol. The Morgan fingerprint density at radius 3 is 2.64 bits per heavy atom. The van der Waals surface area contributed by atoms with E-state index < -0.39 is 0 Å². The van der Waals surface area contributed by atoms with Crippen molar-refractivity contribution in [3.63, 3.8) is 0 Å². The zero-order chi connectivity index (χ0) is 17.4. The molecule has 0 spiro atoms. The highest BCUT2D eigenvalue weighted by Crippen LogP contribution is 2.37. The van der Waals surface area contributed by atoms with Crippen molar-refractivity contribution in [2.75, 3.05) is 7.05 Å². The molecule has 0 saturated heterocycles. The van der Waals surface area contributed by atoms with Gasteiger partial charge in [-0.05, 0) is 30.9 Å². The molecule has 1 aliphatic carbocycles. The minimum Gasteiger partial charge on any atom is -0.334 e. The lowest BCUT2D eigenvalue weighted by Gasteiger charge is -2.25. The van der Waals surface area contributed by atoms with E-state index in [0.29, 0.717) is 0 Å². The molecule has 25 heavy (non-hydrogen) atoms. The number of benzene rings is 2. The molecule has 1 amide bonds. The first-order chi connectivity index (χ1) is 12.1. The quantitative estimate of drug-likeness (QED) is 0.676. The zero-order valence-electron chi connectivity index (χ0n) is 14.4. The summed E-state index contributed by atoms with van der Waals surface area (Å²) in [7, 11) is 1.91. The van der Waals surface area contributed by atoms with Gasteiger partial charge in [0.25, 0.3) is 5.91 Å². The Morgan fingerprint density at radius 1 is 1.12 bits per heavy atom. The minimum absolute atomic E-state index is 0.0684. The summed E-state index contributed by atoms with van der Waals surface area (Å²) in [4.78, 5) is 20.4. The Hall–Kier alpha value is -2.46. The Labute approximate surface area is 152 Å². The van der Waals surface area contributed by atoms with E-state index >= 15 is 0 Å². The lowest BCUT2D eigenvalue weighted by atomic mass is 10.1. The molecule has 2 aromatic carbocycles. The van der Waals surface area contributed by atoms with Crippen molar-refractivity contribution < 1.29 is 4.79 Å². The molecule has 0 fully saturated rings. The number of nitrogens with zero attached hydrogens (tertiary/aromatic N) is 2. The van der Waals surface area contributed by atoms with Gasteiger partial charge in [0, 0.05) is 12.6 Å². The lowest BCUT2D eigenvalue weighted by Crippen LogP contribution is -2.30. The summed E-state index contributed by atoms with van der Waals surface area (Å²) >= 11 is 1.49. The molecule has 0 N–H and O–H groups in total. The van der Waals surface area contributed by atoms with Gasteiger partial charge in [-0.3, -0.25) is 4.79 Å². The number of aryl methyl sites for hydroxylation is 2. The highest BCUT2D eigenvalue weighted by atomic mass is 32.1. The Morgan fingerprint density at radius 2 is 1.84 bits per heavy atom. The third-order valence-corrected chi connectivity index (χ3v) is 6.10. The van der Waals surface area contributed by atoms with E-state index in [2.05, 4.69) is 29.2 Å². The molecule has 0 unspecified atom stereocenters. The molecule has 1 atom stereocenters. The maximum atomic E-state index is 13.1. The molecule has 0 radical (unpaired) electrons. The van der Waals surface area contributed by atoms with Crippen molar-refractivity contribution >= 4 is 17.2 Å². The number of aromatic nitrogens is 1. The second-order valence-electron chi connectivity index (χ2n) is 6.47. The van der Waals surface area contributed by atoms with Crippen LogP contribution in [0.3, 0.4) is 0 Å². The summed E-state index contributed by atoms with van der Waals surface area (Å²) in [6.07, 6.45) is 2.03. The van der Waals surface area contributed by atoms with Gasteiger partial charge in [0.15, 0.2) is 0 Å². The third kappa shape index (κ3) is 2.87. The maximum absolute atomic E-state index is 13.1. The van der Waals surface area contributed by atoms with Gasteiger partial charge in [-0.2, -0.15) is 0 Å². The molecule has 4 rings (SSSR count). The molecule has 1 heterocycles. The smallest absolute Gasteiger partial charge is 0.266 e. The van der Waals surface area contributed by atoms with Gasteiger partial charge < -0.3 is 4.90 Å². The van der Waals surface area contributed by atoms with Crippen molar-refractivity contribution in [2.24, 2.45) is 0 Å². The van der Waals surface area contributed by atoms with Crippen LogP contribution in [-0.2, 0) is 6.42 Å². The van der Waals surface area contributed by atoms with E-state index in [1.54, 1.807) is 0 Å². The molecule has 1 aliphatic rings. The fourth-order valence-electron chi connectivity index (χ4n) is 3.54. The highest BCUT2D eigenvalue weighted by molar-refractivity contribution is 7.17. The van der Waals surface area contributed by atoms with Crippen LogP contribution in [0.5, 0.6) is 0 Å². The van der Waals surface area contributed by atoms with Crippen LogP contribution in [0, 0.1) is 6.92 Å². The molecule has 0 bridgehead atoms. The van der Waals surface area contributed by atoms with Gasteiger partial charge >= 0.3 is 0 Å². The van der Waals surface area contributed by atoms with Crippen molar-refractivity contribution in [1.82, 2.24) is 9.88 Å². The van der Waals surface area contributed by atoms with Gasteiger partial charge in [0.2, 0.25) is 0 Å². The van der Waals surface area contributed by atoms with Gasteiger partial charge in [0.05, 0.1) is 11.7 Å². The van der Waals surface area contributed by atoms with Crippen LogP contribution < -0.4 is 0 Å². The summed E-state index contributed by atoms with van der Waals surface area (Å²) in [5.74, 6) is 0.0684. The minimum atomic E-state index is 0.0684. The van der Waals surface area contributed by atoms with Gasteiger partial charge in [-0.15, -0.1) is 11.3 Å². The zero-order valence-corrected chi connectivity index (χ0v) is 15.2. The maximum Gasteiger partial charge on any atom is 0.266 e. The topological polar surface area (TPSA) is 33.2 Å². The number of fused-ring (bicyclic) bond motifs is 1. The molecule has 126 valence electrons. The standard InChI is InChI=1S/C21H20N2OS/c1-14-19(25-20(22-14)16-9-4-3-5-10-16)21(24)23(2)18-13-12-15-8-6-7-11-17(15)18/h3-11,18H,12-13H2,1-2H3/t18-/m1/s1. The SMILES string of the molecule is Cc1nc(-c2ccccc2)sc1C(=O)N(C)[C@@H]1CCc2ccccc21. The molecule has 0 saturated carbocycles. The van der Waals surface area contributed by atoms with Gasteiger partial charge in [-0.25, -0.2) is 4.98 Å². The number of carbonyl (C=O) groups excluding carboxylic acids is 1. The average Bonchev–Trinajstić information content (AvgIpc) is 3.25. The molecule has 3 nitrogen and oxygen atoms in total. The molecular formula is C21H20N2OS. The van der Waals surface area contributed by atoms with Crippen molar-refractivity contribution in [3.05, 3.63) is 76.3 Å². The fraction of sp³-hybridized carbons (Fsp3) is 0.238. The highest BCUT2D eigenvalue weighted by Gasteiger charge is 2.30. The number of rotatable bonds is 3. The van der Waals surface area contributed by atoms with Crippen molar-refractivity contribution in [1.29, 1.82) is 0 Å². The second kappa shape index (κ2) is 6.45. The van der Waals surface area contributed by atoms with E-state index in [0.717, 1.165) is 34.0 Å². The van der Waals surface area contributed by atoms with Crippen molar-refractivity contribution in [2.45, 2.75) is 25.8 Å². The first-order valence-corrected chi connectivity index (χ1v) is 9.34. The van der Waals surface area contributed by atoms with E-state index in [1.807, 2.05) is 49.2 Å². The van der Waals surface area contributed by atoms with E-state index in [1.165, 1.54) is 22.5 Å². The van der Waals surface area contributed by atoms with E-state index in [-0.39, 0.29) is 11.9 Å². The number of amides is 1. The largest absolute Gasteiger partial charge is 0.334 e. The molecule has 0 aliphatic heterocycles. The third-order valence-electron chi connectivity index (χ3n) is 4.90. The van der Waals surface area contributed by atoms with Crippen LogP contribution >= 0.6 is 11.3 Å². The Kier molecular flexibility index (Phi) is 4.14. The molecule has 3 aromatic rings. The second-order valence-corrected chi connectivity index (χ2v) is 7.47. The number of carbonyl (C=O) groups is 1. The normalized spacial score (nSPS) is 15.8. The van der Waals surface area contributed by atoms with Crippen LogP contribution in [0.4, 0.5) is 0 Å². The first-order valence-electron chi connectivity index (χ1n) is 8.53. The number of thiazole rings is 1. The molecule has 1 aromatic heterocycles. The summed E-state index contributed by atoms with van der Waals surface area (Å²) in [6.45, 7) is 1.92. The summed E-state index contributed by atoms with van der Waals surface area (Å²) in [5.41, 5.74) is 4.51. The number of hydrogen-bond donors (Lipinski definition) is 0. The summed E-state index contributed by atoms with van der Waals surface area (Å²) in [6, 6.07) is 18.6. The predicted molar refractivity (Wildman–Crippen MR) is 102 cm³/mol. The first kappa shape index (κ1) is 16.0. The van der Waals surface area contributed by atoms with E-state index in [4.69, 9.17) is 0 Å². The van der Waals surface area contributed by atoms with Crippen molar-refractivity contribution in [3.8, 4) is 10.6 Å². The Bertz CT molecular complexity index is 917. The van der Waals surface area contributed by atoms with Gasteiger partial charge in [-0.1, -0.05) is 54.6 Å². The van der Waals surface area contributed by atoms with Crippen LogP contribution in [0.2, 0.25) is 0 Å². The molecular weight excluding hydrogens is 328 g/mol. The summed E-state index contributed by atoms with van der Waals surface area (Å²) in [5, 5.41) is 0.904. The molecule has 4 heteroatoms. The predicted octanol–water partition coefficient (Wildman–Crippen LogP) is 4.88. The fourth-order valence-corrected chi connectivity index (χ4v) is 4.59. The van der Waals surface area contributed by atoms with E-state index in [9.17, 15) is 4.79 Å². The van der Waals surface area contributed by atoms with Crippen LogP contribution in [0.1, 0.15) is 39.0 Å². The van der Waals surface area contributed by atoms with Gasteiger partial charge in [0.1, 0.15) is 9.88 Å². The van der Waals surface area contributed by atoms with Crippen LogP contribution in [0.15, 0.2) is 54.6 Å². The number of hydrogen-bond acceptors (Lipinski definition) is 3. The lowest BCUT2D eigenvalue weighted by molar-refractivity contribution is 0.0734. The van der Waals surface area contributed by atoms with Crippen LogP contribution in [-0.4, -0.2) is 22.8 Å². The average molecular weight is 348 g/mol. The summed E-state index contributed by atoms with van der Waals surface area (Å²) < 4.78 is 0.